The zero-order valence-corrected chi connectivity index (χ0v) is 12.8. The molecule has 1 aliphatic carbocycles. The molecule has 0 aromatic heterocycles. The highest BCUT2D eigenvalue weighted by Gasteiger charge is 2.29. The molecule has 1 aliphatic rings. The molecule has 0 unspecified atom stereocenters. The highest BCUT2D eigenvalue weighted by atomic mass is 16.3. The molecule has 0 spiro atoms. The van der Waals surface area contributed by atoms with E-state index in [1.165, 1.54) is 18.1 Å². The van der Waals surface area contributed by atoms with Crippen LogP contribution in [0.2, 0.25) is 0 Å². The molecule has 0 bridgehead atoms. The maximum absolute atomic E-state index is 11.8. The molecule has 1 aromatic carbocycles. The van der Waals surface area contributed by atoms with Crippen molar-refractivity contribution in [1.29, 1.82) is 0 Å². The van der Waals surface area contributed by atoms with Crippen LogP contribution in [-0.4, -0.2) is 23.2 Å². The van der Waals surface area contributed by atoms with Crippen LogP contribution in [0.1, 0.15) is 50.2 Å². The molecule has 3 heteroatoms. The second kappa shape index (κ2) is 7.41. The molecule has 2 N–H and O–H groups in total. The summed E-state index contributed by atoms with van der Waals surface area (Å²) in [6.45, 7) is 2.47. The summed E-state index contributed by atoms with van der Waals surface area (Å²) in [5.74, 6) is -0.145. The van der Waals surface area contributed by atoms with Gasteiger partial charge in [0.2, 0.25) is 5.91 Å². The Hall–Kier alpha value is -1.61. The third-order valence-electron chi connectivity index (χ3n) is 4.19. The highest BCUT2D eigenvalue weighted by molar-refractivity contribution is 5.91. The topological polar surface area (TPSA) is 49.3 Å². The first-order valence-corrected chi connectivity index (χ1v) is 7.88. The monoisotopic (exact) mass is 287 g/mol. The molecule has 0 aliphatic heterocycles. The Labute approximate surface area is 127 Å². The van der Waals surface area contributed by atoms with Crippen molar-refractivity contribution >= 4 is 12.0 Å². The lowest BCUT2D eigenvalue weighted by Crippen LogP contribution is -2.43. The minimum absolute atomic E-state index is 0.145. The first kappa shape index (κ1) is 15.8. The number of aliphatic hydroxyl groups is 1. The van der Waals surface area contributed by atoms with Gasteiger partial charge in [0, 0.05) is 12.6 Å². The Morgan fingerprint density at radius 1 is 1.24 bits per heavy atom. The molecule has 3 nitrogen and oxygen atoms in total. The van der Waals surface area contributed by atoms with Crippen molar-refractivity contribution in [1.82, 2.24) is 5.32 Å². The van der Waals surface area contributed by atoms with Gasteiger partial charge in [0.25, 0.3) is 0 Å². The number of carbonyl (C=O) groups is 1. The molecule has 1 saturated carbocycles. The van der Waals surface area contributed by atoms with E-state index in [4.69, 9.17) is 0 Å². The van der Waals surface area contributed by atoms with Gasteiger partial charge in [0.1, 0.15) is 0 Å². The van der Waals surface area contributed by atoms with Crippen LogP contribution in [0.3, 0.4) is 0 Å². The molecule has 1 aromatic rings. The van der Waals surface area contributed by atoms with Gasteiger partial charge < -0.3 is 10.4 Å². The lowest BCUT2D eigenvalue weighted by Gasteiger charge is -2.31. The Balaban J connectivity index is 1.81. The van der Waals surface area contributed by atoms with Crippen molar-refractivity contribution in [2.45, 2.75) is 51.0 Å². The van der Waals surface area contributed by atoms with E-state index in [0.717, 1.165) is 37.7 Å². The first-order chi connectivity index (χ1) is 10.1. The van der Waals surface area contributed by atoms with Crippen LogP contribution in [0, 0.1) is 0 Å². The van der Waals surface area contributed by atoms with E-state index in [1.54, 1.807) is 6.08 Å². The molecule has 1 fully saturated rings. The van der Waals surface area contributed by atoms with Crippen LogP contribution in [0.4, 0.5) is 0 Å². The van der Waals surface area contributed by atoms with Gasteiger partial charge in [-0.3, -0.25) is 4.79 Å². The SMILES string of the molecule is CCc1ccc(C=CC(=O)NCC2(O)CCCCC2)cc1. The molecule has 1 amide bonds. The summed E-state index contributed by atoms with van der Waals surface area (Å²) in [6, 6.07) is 8.17. The summed E-state index contributed by atoms with van der Waals surface area (Å²) in [4.78, 5) is 11.8. The summed E-state index contributed by atoms with van der Waals surface area (Å²) >= 11 is 0. The second-order valence-electron chi connectivity index (χ2n) is 5.93. The van der Waals surface area contributed by atoms with Crippen LogP contribution in [0.25, 0.3) is 6.08 Å². The summed E-state index contributed by atoms with van der Waals surface area (Å²) in [5.41, 5.74) is 1.60. The van der Waals surface area contributed by atoms with Gasteiger partial charge in [-0.25, -0.2) is 0 Å². The van der Waals surface area contributed by atoms with Gasteiger partial charge in [-0.2, -0.15) is 0 Å². The second-order valence-corrected chi connectivity index (χ2v) is 5.93. The third-order valence-corrected chi connectivity index (χ3v) is 4.19. The molecule has 2 rings (SSSR count). The maximum atomic E-state index is 11.8. The molecular weight excluding hydrogens is 262 g/mol. The summed E-state index contributed by atoms with van der Waals surface area (Å²) in [5, 5.41) is 13.1. The van der Waals surface area contributed by atoms with E-state index in [9.17, 15) is 9.90 Å². The van der Waals surface area contributed by atoms with Gasteiger partial charge in [0.15, 0.2) is 0 Å². The van der Waals surface area contributed by atoms with Crippen molar-refractivity contribution in [3.8, 4) is 0 Å². The van der Waals surface area contributed by atoms with E-state index in [-0.39, 0.29) is 5.91 Å². The molecule has 0 heterocycles. The maximum Gasteiger partial charge on any atom is 0.244 e. The number of carbonyl (C=O) groups excluding carboxylic acids is 1. The fraction of sp³-hybridized carbons (Fsp3) is 0.500. The largest absolute Gasteiger partial charge is 0.388 e. The predicted octanol–water partition coefficient (Wildman–Crippen LogP) is 3.07. The average Bonchev–Trinajstić information content (AvgIpc) is 2.52. The summed E-state index contributed by atoms with van der Waals surface area (Å²) in [7, 11) is 0. The van der Waals surface area contributed by atoms with Crippen LogP contribution in [0.15, 0.2) is 30.3 Å². The van der Waals surface area contributed by atoms with Gasteiger partial charge in [-0.15, -0.1) is 0 Å². The standard InChI is InChI=1S/C18H25NO2/c1-2-15-6-8-16(9-7-15)10-11-17(20)19-14-18(21)12-4-3-5-13-18/h6-11,21H,2-5,12-14H2,1H3,(H,19,20). The van der Waals surface area contributed by atoms with Crippen LogP contribution in [0.5, 0.6) is 0 Å². The lowest BCUT2D eigenvalue weighted by atomic mass is 9.85. The van der Waals surface area contributed by atoms with E-state index in [0.29, 0.717) is 6.54 Å². The Kier molecular flexibility index (Phi) is 5.57. The number of benzene rings is 1. The van der Waals surface area contributed by atoms with Crippen molar-refractivity contribution in [2.75, 3.05) is 6.54 Å². The minimum atomic E-state index is -0.704. The molecule has 0 radical (unpaired) electrons. The number of amides is 1. The van der Waals surface area contributed by atoms with Crippen LogP contribution >= 0.6 is 0 Å². The molecule has 21 heavy (non-hydrogen) atoms. The van der Waals surface area contributed by atoms with E-state index >= 15 is 0 Å². The number of rotatable bonds is 5. The van der Waals surface area contributed by atoms with E-state index < -0.39 is 5.60 Å². The van der Waals surface area contributed by atoms with E-state index in [1.807, 2.05) is 12.1 Å². The summed E-state index contributed by atoms with van der Waals surface area (Å²) in [6.07, 6.45) is 9.21. The quantitative estimate of drug-likeness (QED) is 0.818. The highest BCUT2D eigenvalue weighted by Crippen LogP contribution is 2.27. The van der Waals surface area contributed by atoms with Crippen LogP contribution < -0.4 is 5.32 Å². The molecular formula is C18H25NO2. The molecule has 0 saturated heterocycles. The van der Waals surface area contributed by atoms with Crippen molar-refractivity contribution in [2.24, 2.45) is 0 Å². The lowest BCUT2D eigenvalue weighted by molar-refractivity contribution is -0.118. The van der Waals surface area contributed by atoms with E-state index in [2.05, 4.69) is 24.4 Å². The molecule has 0 atom stereocenters. The first-order valence-electron chi connectivity index (χ1n) is 7.88. The normalized spacial score (nSPS) is 17.8. The Morgan fingerprint density at radius 2 is 1.90 bits per heavy atom. The zero-order chi connectivity index (χ0) is 15.1. The van der Waals surface area contributed by atoms with Crippen LogP contribution in [-0.2, 0) is 11.2 Å². The third kappa shape index (κ3) is 5.01. The van der Waals surface area contributed by atoms with Gasteiger partial charge >= 0.3 is 0 Å². The number of hydrogen-bond donors (Lipinski definition) is 2. The minimum Gasteiger partial charge on any atom is -0.388 e. The summed E-state index contributed by atoms with van der Waals surface area (Å²) < 4.78 is 0. The van der Waals surface area contributed by atoms with Gasteiger partial charge in [-0.1, -0.05) is 50.5 Å². The van der Waals surface area contributed by atoms with Crippen molar-refractivity contribution in [3.05, 3.63) is 41.5 Å². The fourth-order valence-corrected chi connectivity index (χ4v) is 2.73. The number of hydrogen-bond acceptors (Lipinski definition) is 2. The molecule has 114 valence electrons. The zero-order valence-electron chi connectivity index (χ0n) is 12.8. The fourth-order valence-electron chi connectivity index (χ4n) is 2.73. The van der Waals surface area contributed by atoms with Crippen molar-refractivity contribution < 1.29 is 9.90 Å². The van der Waals surface area contributed by atoms with Crippen molar-refractivity contribution in [3.63, 3.8) is 0 Å². The Morgan fingerprint density at radius 3 is 2.52 bits per heavy atom. The smallest absolute Gasteiger partial charge is 0.244 e. The van der Waals surface area contributed by atoms with Gasteiger partial charge in [0.05, 0.1) is 5.60 Å². The Bertz CT molecular complexity index is 484. The number of nitrogens with one attached hydrogen (secondary N) is 1. The number of aryl methyl sites for hydroxylation is 1. The average molecular weight is 287 g/mol. The van der Waals surface area contributed by atoms with Gasteiger partial charge in [-0.05, 0) is 36.5 Å². The predicted molar refractivity (Wildman–Crippen MR) is 85.9 cm³/mol.